The van der Waals surface area contributed by atoms with Crippen LogP contribution in [0.3, 0.4) is 0 Å². The quantitative estimate of drug-likeness (QED) is 0.735. The van der Waals surface area contributed by atoms with Crippen LogP contribution in [0, 0.1) is 5.92 Å². The fraction of sp³-hybridized carbons (Fsp3) is 0.444. The molecule has 64 valence electrons. The second-order valence-corrected chi connectivity index (χ2v) is 3.17. The van der Waals surface area contributed by atoms with Crippen LogP contribution in [0.1, 0.15) is 12.8 Å². The summed E-state index contributed by atoms with van der Waals surface area (Å²) >= 11 is 0. The number of pyridine rings is 1. The molecular weight excluding hydrogens is 152 g/mol. The van der Waals surface area contributed by atoms with E-state index < -0.39 is 0 Å². The third kappa shape index (κ3) is 1.67. The number of aromatic nitrogens is 1. The highest BCUT2D eigenvalue weighted by molar-refractivity contribution is 5.49. The van der Waals surface area contributed by atoms with Crippen molar-refractivity contribution in [2.24, 2.45) is 5.92 Å². The van der Waals surface area contributed by atoms with Gasteiger partial charge >= 0.3 is 0 Å². The lowest BCUT2D eigenvalue weighted by atomic mass is 10.4. The van der Waals surface area contributed by atoms with Gasteiger partial charge < -0.3 is 10.5 Å². The number of nitrogens with zero attached hydrogens (tertiary/aromatic N) is 1. The van der Waals surface area contributed by atoms with E-state index in [9.17, 15) is 0 Å². The summed E-state index contributed by atoms with van der Waals surface area (Å²) in [7, 11) is 0. The number of rotatable bonds is 3. The van der Waals surface area contributed by atoms with Gasteiger partial charge in [0.05, 0.1) is 18.5 Å². The van der Waals surface area contributed by atoms with Crippen molar-refractivity contribution < 1.29 is 4.74 Å². The molecule has 1 aliphatic carbocycles. The van der Waals surface area contributed by atoms with E-state index >= 15 is 0 Å². The van der Waals surface area contributed by atoms with Crippen molar-refractivity contribution in [3.8, 4) is 5.75 Å². The molecule has 0 saturated heterocycles. The minimum Gasteiger partial charge on any atom is -0.491 e. The first kappa shape index (κ1) is 7.40. The molecular formula is C9H12N2O. The SMILES string of the molecule is Nc1cnccc1OCC1CC1. The Kier molecular flexibility index (Phi) is 1.86. The van der Waals surface area contributed by atoms with Crippen LogP contribution in [-0.4, -0.2) is 11.6 Å². The third-order valence-corrected chi connectivity index (χ3v) is 1.98. The maximum atomic E-state index is 5.64. The first-order valence-electron chi connectivity index (χ1n) is 4.18. The van der Waals surface area contributed by atoms with Gasteiger partial charge in [-0.05, 0) is 18.8 Å². The molecule has 1 aromatic heterocycles. The fourth-order valence-corrected chi connectivity index (χ4v) is 1.02. The second kappa shape index (κ2) is 3.01. The minimum atomic E-state index is 0.623. The Balaban J connectivity index is 1.96. The highest BCUT2D eigenvalue weighted by Gasteiger charge is 2.22. The summed E-state index contributed by atoms with van der Waals surface area (Å²) in [5.74, 6) is 1.52. The number of ether oxygens (including phenoxy) is 1. The molecule has 1 aliphatic rings. The zero-order chi connectivity index (χ0) is 8.39. The average Bonchev–Trinajstić information content (AvgIpc) is 2.86. The van der Waals surface area contributed by atoms with Crippen LogP contribution >= 0.6 is 0 Å². The van der Waals surface area contributed by atoms with Crippen molar-refractivity contribution in [3.05, 3.63) is 18.5 Å². The molecule has 1 heterocycles. The zero-order valence-electron chi connectivity index (χ0n) is 6.86. The Morgan fingerprint density at radius 2 is 2.42 bits per heavy atom. The van der Waals surface area contributed by atoms with Crippen molar-refractivity contribution in [2.75, 3.05) is 12.3 Å². The maximum absolute atomic E-state index is 5.64. The summed E-state index contributed by atoms with van der Waals surface area (Å²) in [6.07, 6.45) is 5.90. The number of nitrogens with two attached hydrogens (primary N) is 1. The van der Waals surface area contributed by atoms with E-state index in [-0.39, 0.29) is 0 Å². The molecule has 2 rings (SSSR count). The highest BCUT2D eigenvalue weighted by atomic mass is 16.5. The lowest BCUT2D eigenvalue weighted by molar-refractivity contribution is 0.301. The molecule has 0 amide bonds. The Hall–Kier alpha value is -1.25. The smallest absolute Gasteiger partial charge is 0.145 e. The Morgan fingerprint density at radius 1 is 1.58 bits per heavy atom. The highest BCUT2D eigenvalue weighted by Crippen LogP contribution is 2.30. The lowest BCUT2D eigenvalue weighted by Gasteiger charge is -2.06. The van der Waals surface area contributed by atoms with Crippen LogP contribution < -0.4 is 10.5 Å². The molecule has 0 bridgehead atoms. The third-order valence-electron chi connectivity index (χ3n) is 1.98. The summed E-state index contributed by atoms with van der Waals surface area (Å²) < 4.78 is 5.50. The van der Waals surface area contributed by atoms with Crippen LogP contribution in [0.2, 0.25) is 0 Å². The Morgan fingerprint density at radius 3 is 3.08 bits per heavy atom. The van der Waals surface area contributed by atoms with Crippen molar-refractivity contribution in [1.82, 2.24) is 4.98 Å². The molecule has 0 spiro atoms. The van der Waals surface area contributed by atoms with Gasteiger partial charge in [0.25, 0.3) is 0 Å². The van der Waals surface area contributed by atoms with Gasteiger partial charge in [-0.2, -0.15) is 0 Å². The Labute approximate surface area is 71.6 Å². The van der Waals surface area contributed by atoms with E-state index in [0.717, 1.165) is 18.3 Å². The predicted molar refractivity (Wildman–Crippen MR) is 46.9 cm³/mol. The molecule has 2 N–H and O–H groups in total. The topological polar surface area (TPSA) is 48.1 Å². The molecule has 3 nitrogen and oxygen atoms in total. The van der Waals surface area contributed by atoms with Crippen LogP contribution in [-0.2, 0) is 0 Å². The van der Waals surface area contributed by atoms with Gasteiger partial charge in [-0.15, -0.1) is 0 Å². The summed E-state index contributed by atoms with van der Waals surface area (Å²) in [5, 5.41) is 0. The van der Waals surface area contributed by atoms with Gasteiger partial charge in [0.15, 0.2) is 0 Å². The summed E-state index contributed by atoms with van der Waals surface area (Å²) in [6, 6.07) is 1.80. The molecule has 1 aromatic rings. The standard InChI is InChI=1S/C9H12N2O/c10-8-5-11-4-3-9(8)12-6-7-1-2-7/h3-5,7H,1-2,6,10H2. The second-order valence-electron chi connectivity index (χ2n) is 3.17. The molecule has 0 atom stereocenters. The van der Waals surface area contributed by atoms with Crippen LogP contribution in [0.4, 0.5) is 5.69 Å². The van der Waals surface area contributed by atoms with E-state index in [4.69, 9.17) is 10.5 Å². The summed E-state index contributed by atoms with van der Waals surface area (Å²) in [6.45, 7) is 0.800. The van der Waals surface area contributed by atoms with E-state index in [1.165, 1.54) is 12.8 Å². The van der Waals surface area contributed by atoms with Crippen LogP contribution in [0.5, 0.6) is 5.75 Å². The normalized spacial score (nSPS) is 16.0. The van der Waals surface area contributed by atoms with E-state index in [1.807, 2.05) is 0 Å². The van der Waals surface area contributed by atoms with Crippen molar-refractivity contribution >= 4 is 5.69 Å². The molecule has 1 fully saturated rings. The summed E-state index contributed by atoms with van der Waals surface area (Å²) in [5.41, 5.74) is 6.26. The van der Waals surface area contributed by atoms with E-state index in [2.05, 4.69) is 4.98 Å². The molecule has 1 saturated carbocycles. The fourth-order valence-electron chi connectivity index (χ4n) is 1.02. The number of nitrogen functional groups attached to an aromatic ring is 1. The monoisotopic (exact) mass is 164 g/mol. The average molecular weight is 164 g/mol. The summed E-state index contributed by atoms with van der Waals surface area (Å²) in [4.78, 5) is 3.88. The molecule has 0 radical (unpaired) electrons. The zero-order valence-corrected chi connectivity index (χ0v) is 6.86. The Bertz CT molecular complexity index is 271. The van der Waals surface area contributed by atoms with Gasteiger partial charge in [-0.3, -0.25) is 4.98 Å². The lowest BCUT2D eigenvalue weighted by Crippen LogP contribution is -2.01. The van der Waals surface area contributed by atoms with Gasteiger partial charge in [0, 0.05) is 12.3 Å². The minimum absolute atomic E-state index is 0.623. The van der Waals surface area contributed by atoms with Crippen LogP contribution in [0.25, 0.3) is 0 Å². The number of hydrogen-bond acceptors (Lipinski definition) is 3. The maximum Gasteiger partial charge on any atom is 0.145 e. The molecule has 0 aliphatic heterocycles. The molecule has 0 unspecified atom stereocenters. The van der Waals surface area contributed by atoms with Gasteiger partial charge in [0.2, 0.25) is 0 Å². The first-order chi connectivity index (χ1) is 5.86. The van der Waals surface area contributed by atoms with Crippen molar-refractivity contribution in [3.63, 3.8) is 0 Å². The van der Waals surface area contributed by atoms with Gasteiger partial charge in [0.1, 0.15) is 5.75 Å². The van der Waals surface area contributed by atoms with E-state index in [0.29, 0.717) is 5.69 Å². The predicted octanol–water partition coefficient (Wildman–Crippen LogP) is 1.45. The van der Waals surface area contributed by atoms with E-state index in [1.54, 1.807) is 18.5 Å². The number of hydrogen-bond donors (Lipinski definition) is 1. The first-order valence-corrected chi connectivity index (χ1v) is 4.18. The van der Waals surface area contributed by atoms with Gasteiger partial charge in [-0.25, -0.2) is 0 Å². The van der Waals surface area contributed by atoms with Gasteiger partial charge in [-0.1, -0.05) is 0 Å². The van der Waals surface area contributed by atoms with Crippen molar-refractivity contribution in [2.45, 2.75) is 12.8 Å². The van der Waals surface area contributed by atoms with Crippen molar-refractivity contribution in [1.29, 1.82) is 0 Å². The molecule has 12 heavy (non-hydrogen) atoms. The molecule has 0 aromatic carbocycles. The number of anilines is 1. The molecule has 3 heteroatoms. The van der Waals surface area contributed by atoms with Crippen LogP contribution in [0.15, 0.2) is 18.5 Å². The largest absolute Gasteiger partial charge is 0.491 e.